The van der Waals surface area contributed by atoms with Gasteiger partial charge < -0.3 is 15.0 Å². The number of hydrogen-bond donors (Lipinski definition) is 1. The molecule has 0 aliphatic rings. The molecule has 0 unspecified atom stereocenters. The largest absolute Gasteiger partial charge is 0.495 e. The summed E-state index contributed by atoms with van der Waals surface area (Å²) in [7, 11) is -3.01. The SMILES string of the molecule is COc1ccc(Cl)cc1N(CC(=O)N(Cc1ccccc1F)[C@@H](Cc1ccccc1)C(=O)NC(C)(C)C)S(=O)(=O)c1ccc(C)cc1. The Bertz CT molecular complexity index is 1810. The van der Waals surface area contributed by atoms with Crippen molar-refractivity contribution in [3.05, 3.63) is 125 Å². The number of nitrogens with zero attached hydrogens (tertiary/aromatic N) is 2. The van der Waals surface area contributed by atoms with Crippen LogP contribution in [0.25, 0.3) is 0 Å². The first kappa shape index (κ1) is 35.4. The number of anilines is 1. The van der Waals surface area contributed by atoms with Crippen LogP contribution in [0.3, 0.4) is 0 Å². The van der Waals surface area contributed by atoms with Crippen LogP contribution in [0.2, 0.25) is 5.02 Å². The minimum Gasteiger partial charge on any atom is -0.495 e. The second kappa shape index (κ2) is 15.0. The first-order valence-corrected chi connectivity index (χ1v) is 16.8. The summed E-state index contributed by atoms with van der Waals surface area (Å²) in [5, 5.41) is 3.17. The van der Waals surface area contributed by atoms with Crippen molar-refractivity contribution in [2.75, 3.05) is 18.0 Å². The predicted molar refractivity (Wildman–Crippen MR) is 182 cm³/mol. The summed E-state index contributed by atoms with van der Waals surface area (Å²) in [4.78, 5) is 29.7. The second-order valence-corrected chi connectivity index (χ2v) is 14.5. The number of amides is 2. The Morgan fingerprint density at radius 3 is 2.19 bits per heavy atom. The number of rotatable bonds is 12. The van der Waals surface area contributed by atoms with E-state index >= 15 is 4.39 Å². The lowest BCUT2D eigenvalue weighted by atomic mass is 10.0. The number of carbonyl (C=O) groups excluding carboxylic acids is 2. The van der Waals surface area contributed by atoms with Crippen molar-refractivity contribution >= 4 is 39.1 Å². The molecular formula is C36H39ClFN3O5S. The van der Waals surface area contributed by atoms with Crippen LogP contribution in [-0.2, 0) is 32.6 Å². The molecule has 0 aliphatic heterocycles. The zero-order chi connectivity index (χ0) is 34.4. The number of hydrogen-bond acceptors (Lipinski definition) is 5. The van der Waals surface area contributed by atoms with E-state index in [1.807, 2.05) is 58.0 Å². The van der Waals surface area contributed by atoms with E-state index in [1.165, 1.54) is 54.5 Å². The smallest absolute Gasteiger partial charge is 0.264 e. The average Bonchev–Trinajstić information content (AvgIpc) is 3.02. The third kappa shape index (κ3) is 9.11. The third-order valence-electron chi connectivity index (χ3n) is 7.37. The van der Waals surface area contributed by atoms with Gasteiger partial charge in [-0.1, -0.05) is 77.8 Å². The van der Waals surface area contributed by atoms with Gasteiger partial charge in [0.05, 0.1) is 17.7 Å². The van der Waals surface area contributed by atoms with Crippen LogP contribution in [0, 0.1) is 12.7 Å². The molecule has 47 heavy (non-hydrogen) atoms. The molecule has 0 aromatic heterocycles. The van der Waals surface area contributed by atoms with Gasteiger partial charge in [0.15, 0.2) is 0 Å². The molecule has 248 valence electrons. The highest BCUT2D eigenvalue weighted by Crippen LogP contribution is 2.35. The van der Waals surface area contributed by atoms with Gasteiger partial charge in [0.1, 0.15) is 24.2 Å². The van der Waals surface area contributed by atoms with Gasteiger partial charge in [0.2, 0.25) is 11.8 Å². The Morgan fingerprint density at radius 1 is 0.936 bits per heavy atom. The fraction of sp³-hybridized carbons (Fsp3) is 0.278. The molecule has 0 bridgehead atoms. The zero-order valence-electron chi connectivity index (χ0n) is 27.0. The molecule has 0 spiro atoms. The van der Waals surface area contributed by atoms with E-state index in [2.05, 4.69) is 5.32 Å². The van der Waals surface area contributed by atoms with Crippen molar-refractivity contribution in [3.8, 4) is 5.75 Å². The fourth-order valence-corrected chi connectivity index (χ4v) is 6.61. The molecule has 1 atom stereocenters. The summed E-state index contributed by atoms with van der Waals surface area (Å²) in [6.07, 6.45) is 0.0914. The summed E-state index contributed by atoms with van der Waals surface area (Å²) in [5.74, 6) is -1.62. The maximum Gasteiger partial charge on any atom is 0.264 e. The van der Waals surface area contributed by atoms with E-state index < -0.39 is 45.8 Å². The molecular weight excluding hydrogens is 641 g/mol. The normalized spacial score (nSPS) is 12.2. The highest BCUT2D eigenvalue weighted by molar-refractivity contribution is 7.92. The maximum absolute atomic E-state index is 15.1. The lowest BCUT2D eigenvalue weighted by Gasteiger charge is -2.35. The van der Waals surface area contributed by atoms with Crippen molar-refractivity contribution in [1.29, 1.82) is 0 Å². The number of methoxy groups -OCH3 is 1. The van der Waals surface area contributed by atoms with Gasteiger partial charge >= 0.3 is 0 Å². The molecule has 1 N–H and O–H groups in total. The summed E-state index contributed by atoms with van der Waals surface area (Å²) in [6.45, 7) is 6.23. The van der Waals surface area contributed by atoms with Crippen molar-refractivity contribution < 1.29 is 27.1 Å². The molecule has 11 heteroatoms. The molecule has 0 fully saturated rings. The number of benzene rings is 4. The van der Waals surface area contributed by atoms with E-state index in [9.17, 15) is 18.0 Å². The molecule has 0 radical (unpaired) electrons. The van der Waals surface area contributed by atoms with E-state index in [-0.39, 0.29) is 39.9 Å². The molecule has 4 rings (SSSR count). The van der Waals surface area contributed by atoms with Crippen LogP contribution in [0.1, 0.15) is 37.5 Å². The summed E-state index contributed by atoms with van der Waals surface area (Å²) in [5.41, 5.74) is 1.13. The van der Waals surface area contributed by atoms with Crippen LogP contribution < -0.4 is 14.4 Å². The van der Waals surface area contributed by atoms with Crippen LogP contribution in [0.4, 0.5) is 10.1 Å². The monoisotopic (exact) mass is 679 g/mol. The Kier molecular flexibility index (Phi) is 11.3. The van der Waals surface area contributed by atoms with Crippen molar-refractivity contribution in [2.45, 2.75) is 57.1 Å². The van der Waals surface area contributed by atoms with Crippen LogP contribution in [-0.4, -0.2) is 50.4 Å². The minimum absolute atomic E-state index is 0.0264. The third-order valence-corrected chi connectivity index (χ3v) is 9.37. The van der Waals surface area contributed by atoms with Crippen LogP contribution in [0.5, 0.6) is 5.75 Å². The van der Waals surface area contributed by atoms with Gasteiger partial charge in [-0.2, -0.15) is 0 Å². The van der Waals surface area contributed by atoms with Crippen molar-refractivity contribution in [2.24, 2.45) is 0 Å². The topological polar surface area (TPSA) is 96.0 Å². The van der Waals surface area contributed by atoms with Gasteiger partial charge in [-0.3, -0.25) is 13.9 Å². The van der Waals surface area contributed by atoms with Gasteiger partial charge in [0.25, 0.3) is 10.0 Å². The molecule has 0 heterocycles. The van der Waals surface area contributed by atoms with E-state index in [4.69, 9.17) is 16.3 Å². The van der Waals surface area contributed by atoms with Crippen molar-refractivity contribution in [1.82, 2.24) is 10.2 Å². The van der Waals surface area contributed by atoms with E-state index in [1.54, 1.807) is 24.3 Å². The standard InChI is InChI=1S/C36H39ClFN3O5S/c1-25-15-18-29(19-16-25)47(44,45)41(31-22-28(37)17-20-33(31)46-5)24-34(42)40(23-27-13-9-10-14-30(27)38)32(35(43)39-36(2,3)4)21-26-11-7-6-8-12-26/h6-20,22,32H,21,23-24H2,1-5H3,(H,39,43)/t32-/m0/s1. The molecule has 4 aromatic carbocycles. The summed E-state index contributed by atoms with van der Waals surface area (Å²) >= 11 is 6.34. The number of carbonyl (C=O) groups is 2. The Morgan fingerprint density at radius 2 is 1.57 bits per heavy atom. The highest BCUT2D eigenvalue weighted by Gasteiger charge is 2.36. The highest BCUT2D eigenvalue weighted by atomic mass is 35.5. The summed E-state index contributed by atoms with van der Waals surface area (Å²) < 4.78 is 50.1. The lowest BCUT2D eigenvalue weighted by molar-refractivity contribution is -0.140. The predicted octanol–water partition coefficient (Wildman–Crippen LogP) is 6.55. The van der Waals surface area contributed by atoms with E-state index in [0.717, 1.165) is 15.4 Å². The first-order chi connectivity index (χ1) is 22.2. The molecule has 4 aromatic rings. The average molecular weight is 680 g/mol. The Balaban J connectivity index is 1.88. The lowest BCUT2D eigenvalue weighted by Crippen LogP contribution is -2.56. The van der Waals surface area contributed by atoms with Gasteiger partial charge in [-0.25, -0.2) is 12.8 Å². The zero-order valence-corrected chi connectivity index (χ0v) is 28.6. The first-order valence-electron chi connectivity index (χ1n) is 15.0. The Hall–Kier alpha value is -4.41. The number of nitrogens with one attached hydrogen (secondary N) is 1. The molecule has 0 saturated heterocycles. The molecule has 2 amide bonds. The maximum atomic E-state index is 15.1. The van der Waals surface area contributed by atoms with Crippen LogP contribution >= 0.6 is 11.6 Å². The van der Waals surface area contributed by atoms with Gasteiger partial charge in [0, 0.05) is 29.1 Å². The quantitative estimate of drug-likeness (QED) is 0.183. The summed E-state index contributed by atoms with van der Waals surface area (Å²) in [6, 6.07) is 24.6. The second-order valence-electron chi connectivity index (χ2n) is 12.2. The van der Waals surface area contributed by atoms with E-state index in [0.29, 0.717) is 0 Å². The number of halogens is 2. The molecule has 0 aliphatic carbocycles. The minimum atomic E-state index is -4.39. The fourth-order valence-electron chi connectivity index (χ4n) is 5.03. The van der Waals surface area contributed by atoms with Crippen molar-refractivity contribution in [3.63, 3.8) is 0 Å². The Labute approximate surface area is 281 Å². The molecule has 0 saturated carbocycles. The number of sulfonamides is 1. The van der Waals surface area contributed by atoms with Crippen LogP contribution in [0.15, 0.2) is 102 Å². The number of aryl methyl sites for hydroxylation is 1. The number of ether oxygens (including phenoxy) is 1. The van der Waals surface area contributed by atoms with Gasteiger partial charge in [-0.15, -0.1) is 0 Å². The van der Waals surface area contributed by atoms with Gasteiger partial charge in [-0.05, 0) is 69.7 Å². The molecule has 8 nitrogen and oxygen atoms in total.